The predicted molar refractivity (Wildman–Crippen MR) is 82.3 cm³/mol. The third kappa shape index (κ3) is 3.87. The van der Waals surface area contributed by atoms with E-state index in [1.807, 2.05) is 4.90 Å². The van der Waals surface area contributed by atoms with Crippen LogP contribution in [0.4, 0.5) is 0 Å². The van der Waals surface area contributed by atoms with Crippen LogP contribution in [0, 0.1) is 11.3 Å². The van der Waals surface area contributed by atoms with E-state index in [4.69, 9.17) is 9.90 Å². The molecule has 3 N–H and O–H groups in total. The fourth-order valence-electron chi connectivity index (χ4n) is 3.64. The lowest BCUT2D eigenvalue weighted by Gasteiger charge is -2.25. The topological polar surface area (TPSA) is 89.9 Å². The third-order valence-corrected chi connectivity index (χ3v) is 4.86. The minimum Gasteiger partial charge on any atom is -0.481 e. The van der Waals surface area contributed by atoms with Gasteiger partial charge in [0.15, 0.2) is 0 Å². The largest absolute Gasteiger partial charge is 0.481 e. The molecule has 0 radical (unpaired) electrons. The van der Waals surface area contributed by atoms with Crippen molar-refractivity contribution in [1.29, 1.82) is 0 Å². The van der Waals surface area contributed by atoms with Gasteiger partial charge in [-0.1, -0.05) is 11.6 Å². The maximum Gasteiger partial charge on any atom is 0.300 e. The van der Waals surface area contributed by atoms with Crippen LogP contribution in [0.3, 0.4) is 0 Å². The van der Waals surface area contributed by atoms with Crippen LogP contribution in [0.1, 0.15) is 32.6 Å². The molecule has 2 aliphatic heterocycles. The number of amides is 1. The molecule has 0 aromatic rings. The Morgan fingerprint density at radius 2 is 2.23 bits per heavy atom. The molecule has 124 valence electrons. The summed E-state index contributed by atoms with van der Waals surface area (Å²) >= 11 is 0. The van der Waals surface area contributed by atoms with Gasteiger partial charge in [0.25, 0.3) is 5.97 Å². The van der Waals surface area contributed by atoms with Crippen molar-refractivity contribution < 1.29 is 19.8 Å². The second-order valence-electron chi connectivity index (χ2n) is 6.57. The molecule has 3 rings (SSSR count). The van der Waals surface area contributed by atoms with E-state index >= 15 is 0 Å². The molecule has 6 nitrogen and oxygen atoms in total. The monoisotopic (exact) mass is 310 g/mol. The van der Waals surface area contributed by atoms with E-state index in [1.54, 1.807) is 0 Å². The summed E-state index contributed by atoms with van der Waals surface area (Å²) in [5.74, 6) is -0.144. The van der Waals surface area contributed by atoms with E-state index < -0.39 is 5.97 Å². The molecule has 2 heterocycles. The molecule has 1 amide bonds. The lowest BCUT2D eigenvalue weighted by Crippen LogP contribution is -2.37. The van der Waals surface area contributed by atoms with E-state index in [2.05, 4.69) is 11.4 Å². The molecule has 0 aromatic carbocycles. The number of hydrogen-bond acceptors (Lipinski definition) is 4. The number of carbonyl (C=O) groups excluding carboxylic acids is 1. The van der Waals surface area contributed by atoms with Gasteiger partial charge in [0.1, 0.15) is 0 Å². The summed E-state index contributed by atoms with van der Waals surface area (Å²) in [6.07, 6.45) is 6.25. The van der Waals surface area contributed by atoms with Crippen LogP contribution in [0.5, 0.6) is 0 Å². The molecule has 0 aromatic heterocycles. The first-order valence-electron chi connectivity index (χ1n) is 7.93. The Hall–Kier alpha value is -1.40. The molecular weight excluding hydrogens is 284 g/mol. The van der Waals surface area contributed by atoms with Gasteiger partial charge in [0, 0.05) is 44.9 Å². The van der Waals surface area contributed by atoms with Crippen LogP contribution in [-0.2, 0) is 9.59 Å². The normalized spacial score (nSPS) is 29.6. The zero-order valence-electron chi connectivity index (χ0n) is 13.2. The second-order valence-corrected chi connectivity index (χ2v) is 6.57. The second kappa shape index (κ2) is 7.24. The molecule has 1 aliphatic carbocycles. The Morgan fingerprint density at radius 1 is 1.50 bits per heavy atom. The van der Waals surface area contributed by atoms with Gasteiger partial charge in [-0.3, -0.25) is 9.59 Å². The molecule has 0 bridgehead atoms. The van der Waals surface area contributed by atoms with Crippen molar-refractivity contribution in [2.24, 2.45) is 11.3 Å². The first kappa shape index (κ1) is 17.0. The van der Waals surface area contributed by atoms with E-state index in [1.165, 1.54) is 12.0 Å². The van der Waals surface area contributed by atoms with Crippen molar-refractivity contribution in [2.75, 3.05) is 32.8 Å². The van der Waals surface area contributed by atoms with E-state index in [0.717, 1.165) is 45.9 Å². The Labute approximate surface area is 131 Å². The molecule has 2 unspecified atom stereocenters. The van der Waals surface area contributed by atoms with Crippen molar-refractivity contribution in [3.63, 3.8) is 0 Å². The van der Waals surface area contributed by atoms with Crippen LogP contribution >= 0.6 is 0 Å². The van der Waals surface area contributed by atoms with Gasteiger partial charge in [-0.05, 0) is 25.2 Å². The number of aliphatic carboxylic acids is 1. The van der Waals surface area contributed by atoms with Crippen molar-refractivity contribution >= 4 is 11.9 Å². The SMILES string of the molecule is CC(=O)O.O=C(CC1=CCCC1)N1CC2CNCC2(CO)C1. The molecule has 2 saturated heterocycles. The number of carbonyl (C=O) groups is 2. The van der Waals surface area contributed by atoms with Gasteiger partial charge >= 0.3 is 0 Å². The smallest absolute Gasteiger partial charge is 0.300 e. The van der Waals surface area contributed by atoms with Crippen molar-refractivity contribution in [3.05, 3.63) is 11.6 Å². The number of hydrogen-bond donors (Lipinski definition) is 3. The number of aliphatic hydroxyl groups is 1. The van der Waals surface area contributed by atoms with Crippen LogP contribution < -0.4 is 5.32 Å². The third-order valence-electron chi connectivity index (χ3n) is 4.86. The molecule has 2 fully saturated rings. The Bertz CT molecular complexity index is 459. The van der Waals surface area contributed by atoms with E-state index in [9.17, 15) is 9.90 Å². The first-order valence-corrected chi connectivity index (χ1v) is 7.93. The summed E-state index contributed by atoms with van der Waals surface area (Å²) in [5, 5.41) is 20.4. The lowest BCUT2D eigenvalue weighted by atomic mass is 9.82. The number of aliphatic hydroxyl groups excluding tert-OH is 1. The summed E-state index contributed by atoms with van der Waals surface area (Å²) in [5.41, 5.74) is 1.24. The molecule has 2 atom stereocenters. The molecule has 0 spiro atoms. The van der Waals surface area contributed by atoms with E-state index in [0.29, 0.717) is 12.3 Å². The number of carboxylic acid groups (broad SMARTS) is 1. The van der Waals surface area contributed by atoms with Crippen molar-refractivity contribution in [1.82, 2.24) is 10.2 Å². The summed E-state index contributed by atoms with van der Waals surface area (Å²) in [6, 6.07) is 0. The number of fused-ring (bicyclic) bond motifs is 1. The molecule has 22 heavy (non-hydrogen) atoms. The molecular formula is C16H26N2O4. The maximum absolute atomic E-state index is 12.3. The summed E-state index contributed by atoms with van der Waals surface area (Å²) in [7, 11) is 0. The maximum atomic E-state index is 12.3. The fraction of sp³-hybridized carbons (Fsp3) is 0.750. The minimum atomic E-state index is -0.833. The highest BCUT2D eigenvalue weighted by Gasteiger charge is 2.50. The molecule has 0 saturated carbocycles. The van der Waals surface area contributed by atoms with Crippen LogP contribution in [-0.4, -0.2) is 59.8 Å². The Balaban J connectivity index is 0.000000396. The highest BCUT2D eigenvalue weighted by atomic mass is 16.4. The average molecular weight is 310 g/mol. The number of rotatable bonds is 3. The Kier molecular flexibility index (Phi) is 5.58. The van der Waals surface area contributed by atoms with Crippen LogP contribution in [0.2, 0.25) is 0 Å². The summed E-state index contributed by atoms with van der Waals surface area (Å²) in [6.45, 7) is 4.61. The summed E-state index contributed by atoms with van der Waals surface area (Å²) in [4.78, 5) is 23.2. The number of carboxylic acids is 1. The van der Waals surface area contributed by atoms with Crippen molar-refractivity contribution in [2.45, 2.75) is 32.6 Å². The van der Waals surface area contributed by atoms with Crippen LogP contribution in [0.15, 0.2) is 11.6 Å². The summed E-state index contributed by atoms with van der Waals surface area (Å²) < 4.78 is 0. The number of likely N-dealkylation sites (tertiary alicyclic amines) is 1. The quantitative estimate of drug-likeness (QED) is 0.665. The van der Waals surface area contributed by atoms with Gasteiger partial charge in [0.05, 0.1) is 6.61 Å². The average Bonchev–Trinajstić information content (AvgIpc) is 3.12. The van der Waals surface area contributed by atoms with Gasteiger partial charge in [-0.2, -0.15) is 0 Å². The van der Waals surface area contributed by atoms with Gasteiger partial charge in [-0.25, -0.2) is 0 Å². The van der Waals surface area contributed by atoms with Gasteiger partial charge in [0.2, 0.25) is 5.91 Å². The zero-order valence-corrected chi connectivity index (χ0v) is 13.2. The standard InChI is InChI=1S/C14H22N2O2.C2H4O2/c17-10-14-8-15-6-12(14)7-16(9-14)13(18)5-11-3-1-2-4-11;1-2(3)4/h3,12,15,17H,1-2,4-10H2;1H3,(H,3,4). The number of nitrogens with one attached hydrogen (secondary N) is 1. The van der Waals surface area contributed by atoms with Gasteiger partial charge in [-0.15, -0.1) is 0 Å². The molecule has 3 aliphatic rings. The number of nitrogens with zero attached hydrogens (tertiary/aromatic N) is 1. The van der Waals surface area contributed by atoms with Gasteiger partial charge < -0.3 is 20.4 Å². The minimum absolute atomic E-state index is 0.0697. The van der Waals surface area contributed by atoms with E-state index in [-0.39, 0.29) is 17.9 Å². The highest BCUT2D eigenvalue weighted by Crippen LogP contribution is 2.39. The molecule has 6 heteroatoms. The predicted octanol–water partition coefficient (Wildman–Crippen LogP) is 0.618. The number of allylic oxidation sites excluding steroid dienone is 1. The van der Waals surface area contributed by atoms with Crippen LogP contribution in [0.25, 0.3) is 0 Å². The zero-order chi connectivity index (χ0) is 16.2. The fourth-order valence-corrected chi connectivity index (χ4v) is 3.64. The Morgan fingerprint density at radius 3 is 2.77 bits per heavy atom. The lowest BCUT2D eigenvalue weighted by molar-refractivity contribution is -0.134. The first-order chi connectivity index (χ1) is 10.5. The van der Waals surface area contributed by atoms with Crippen molar-refractivity contribution in [3.8, 4) is 0 Å². The highest BCUT2D eigenvalue weighted by molar-refractivity contribution is 5.79.